The summed E-state index contributed by atoms with van der Waals surface area (Å²) in [6.07, 6.45) is 1.97. The standard InChI is InChI=1S/C15H24N2O2S/c1-4-17(14-6-5-9-16-11-14)20(18,19)15-8-7-12(2)10-13(15)3/h7-8,10,14,16H,4-6,9,11H2,1-3H3. The van der Waals surface area contributed by atoms with Crippen LogP contribution in [0.3, 0.4) is 0 Å². The first-order valence-electron chi connectivity index (χ1n) is 7.26. The number of aryl methyl sites for hydroxylation is 2. The van der Waals surface area contributed by atoms with Gasteiger partial charge in [0, 0.05) is 19.1 Å². The Morgan fingerprint density at radius 2 is 2.10 bits per heavy atom. The van der Waals surface area contributed by atoms with Crippen LogP contribution in [0.25, 0.3) is 0 Å². The van der Waals surface area contributed by atoms with Crippen LogP contribution in [0.2, 0.25) is 0 Å². The van der Waals surface area contributed by atoms with Crippen molar-refractivity contribution in [1.82, 2.24) is 9.62 Å². The molecule has 4 nitrogen and oxygen atoms in total. The van der Waals surface area contributed by atoms with Gasteiger partial charge in [0.25, 0.3) is 0 Å². The molecule has 112 valence electrons. The second kappa shape index (κ2) is 6.24. The summed E-state index contributed by atoms with van der Waals surface area (Å²) in [6, 6.07) is 5.60. The Bertz CT molecular complexity index is 563. The quantitative estimate of drug-likeness (QED) is 0.925. The highest BCUT2D eigenvalue weighted by Crippen LogP contribution is 2.24. The molecule has 0 aliphatic carbocycles. The monoisotopic (exact) mass is 296 g/mol. The highest BCUT2D eigenvalue weighted by Gasteiger charge is 2.31. The average Bonchev–Trinajstić information content (AvgIpc) is 2.40. The van der Waals surface area contributed by atoms with Gasteiger partial charge in [-0.3, -0.25) is 0 Å². The third-order valence-electron chi connectivity index (χ3n) is 3.91. The van der Waals surface area contributed by atoms with Crippen LogP contribution < -0.4 is 5.32 Å². The van der Waals surface area contributed by atoms with E-state index in [0.717, 1.165) is 37.1 Å². The van der Waals surface area contributed by atoms with Crippen molar-refractivity contribution in [2.75, 3.05) is 19.6 Å². The van der Waals surface area contributed by atoms with Crippen molar-refractivity contribution in [2.45, 2.75) is 44.6 Å². The van der Waals surface area contributed by atoms with Crippen molar-refractivity contribution in [3.05, 3.63) is 29.3 Å². The lowest BCUT2D eigenvalue weighted by Gasteiger charge is -2.33. The van der Waals surface area contributed by atoms with Gasteiger partial charge in [0.15, 0.2) is 0 Å². The first-order chi connectivity index (χ1) is 9.46. The summed E-state index contributed by atoms with van der Waals surface area (Å²) in [6.45, 7) is 8.01. The summed E-state index contributed by atoms with van der Waals surface area (Å²) in [5, 5.41) is 3.29. The first kappa shape index (κ1) is 15.5. The van der Waals surface area contributed by atoms with Crippen LogP contribution in [0.15, 0.2) is 23.1 Å². The number of piperidine rings is 1. The van der Waals surface area contributed by atoms with E-state index in [1.807, 2.05) is 32.9 Å². The third kappa shape index (κ3) is 3.05. The molecular weight excluding hydrogens is 272 g/mol. The molecule has 0 radical (unpaired) electrons. The molecule has 1 N–H and O–H groups in total. The Balaban J connectivity index is 2.35. The number of nitrogens with one attached hydrogen (secondary N) is 1. The summed E-state index contributed by atoms with van der Waals surface area (Å²) >= 11 is 0. The zero-order valence-electron chi connectivity index (χ0n) is 12.5. The van der Waals surface area contributed by atoms with E-state index < -0.39 is 10.0 Å². The van der Waals surface area contributed by atoms with Crippen molar-refractivity contribution in [2.24, 2.45) is 0 Å². The van der Waals surface area contributed by atoms with Gasteiger partial charge in [-0.2, -0.15) is 4.31 Å². The van der Waals surface area contributed by atoms with Gasteiger partial charge >= 0.3 is 0 Å². The Hall–Kier alpha value is -0.910. The Morgan fingerprint density at radius 3 is 2.65 bits per heavy atom. The van der Waals surface area contributed by atoms with Crippen molar-refractivity contribution in [1.29, 1.82) is 0 Å². The number of likely N-dealkylation sites (N-methyl/N-ethyl adjacent to an activating group) is 1. The molecule has 0 aromatic heterocycles. The fraction of sp³-hybridized carbons (Fsp3) is 0.600. The molecule has 0 spiro atoms. The summed E-state index contributed by atoms with van der Waals surface area (Å²) in [5.41, 5.74) is 1.91. The van der Waals surface area contributed by atoms with Crippen LogP contribution in [0, 0.1) is 13.8 Å². The molecule has 5 heteroatoms. The summed E-state index contributed by atoms with van der Waals surface area (Å²) in [5.74, 6) is 0. The van der Waals surface area contributed by atoms with Crippen LogP contribution in [-0.4, -0.2) is 38.4 Å². The summed E-state index contributed by atoms with van der Waals surface area (Å²) in [7, 11) is -3.40. The van der Waals surface area contributed by atoms with E-state index in [1.54, 1.807) is 10.4 Å². The van der Waals surface area contributed by atoms with Crippen molar-refractivity contribution < 1.29 is 8.42 Å². The molecular formula is C15H24N2O2S. The van der Waals surface area contributed by atoms with Crippen molar-refractivity contribution in [3.63, 3.8) is 0 Å². The fourth-order valence-electron chi connectivity index (χ4n) is 2.92. The molecule has 1 fully saturated rings. The fourth-order valence-corrected chi connectivity index (χ4v) is 4.79. The number of rotatable bonds is 4. The maximum absolute atomic E-state index is 12.9. The predicted octanol–water partition coefficient (Wildman–Crippen LogP) is 2.07. The first-order valence-corrected chi connectivity index (χ1v) is 8.70. The lowest BCUT2D eigenvalue weighted by Crippen LogP contribution is -2.48. The second-order valence-corrected chi connectivity index (χ2v) is 7.34. The van der Waals surface area contributed by atoms with Gasteiger partial charge in [0.2, 0.25) is 10.0 Å². The molecule has 1 heterocycles. The molecule has 0 amide bonds. The Morgan fingerprint density at radius 1 is 1.35 bits per heavy atom. The molecule has 0 saturated carbocycles. The molecule has 2 rings (SSSR count). The van der Waals surface area contributed by atoms with Gasteiger partial charge in [-0.05, 0) is 44.9 Å². The minimum atomic E-state index is -3.40. The Kier molecular flexibility index (Phi) is 4.83. The largest absolute Gasteiger partial charge is 0.315 e. The highest BCUT2D eigenvalue weighted by molar-refractivity contribution is 7.89. The SMILES string of the molecule is CCN(C1CCCNC1)S(=O)(=O)c1ccc(C)cc1C. The van der Waals surface area contributed by atoms with E-state index >= 15 is 0 Å². The van der Waals surface area contributed by atoms with E-state index in [1.165, 1.54) is 0 Å². The minimum absolute atomic E-state index is 0.0689. The van der Waals surface area contributed by atoms with Crippen LogP contribution in [-0.2, 0) is 10.0 Å². The molecule has 1 saturated heterocycles. The van der Waals surface area contributed by atoms with E-state index in [-0.39, 0.29) is 6.04 Å². The molecule has 1 unspecified atom stereocenters. The molecule has 1 aromatic rings. The topological polar surface area (TPSA) is 49.4 Å². The van der Waals surface area contributed by atoms with Crippen LogP contribution in [0.1, 0.15) is 30.9 Å². The van der Waals surface area contributed by atoms with Crippen LogP contribution in [0.4, 0.5) is 0 Å². The normalized spacial score (nSPS) is 20.3. The van der Waals surface area contributed by atoms with Gasteiger partial charge in [0.1, 0.15) is 0 Å². The van der Waals surface area contributed by atoms with Gasteiger partial charge in [-0.25, -0.2) is 8.42 Å². The highest BCUT2D eigenvalue weighted by atomic mass is 32.2. The number of benzene rings is 1. The van der Waals surface area contributed by atoms with Crippen LogP contribution >= 0.6 is 0 Å². The van der Waals surface area contributed by atoms with Crippen molar-refractivity contribution >= 4 is 10.0 Å². The molecule has 1 aliphatic heterocycles. The van der Waals surface area contributed by atoms with Gasteiger partial charge in [-0.15, -0.1) is 0 Å². The molecule has 0 bridgehead atoms. The smallest absolute Gasteiger partial charge is 0.243 e. The maximum atomic E-state index is 12.9. The number of nitrogens with zero attached hydrogens (tertiary/aromatic N) is 1. The second-order valence-electron chi connectivity index (χ2n) is 5.48. The zero-order chi connectivity index (χ0) is 14.8. The van der Waals surface area contributed by atoms with Gasteiger partial charge in [-0.1, -0.05) is 24.6 Å². The van der Waals surface area contributed by atoms with Crippen LogP contribution in [0.5, 0.6) is 0 Å². The van der Waals surface area contributed by atoms with E-state index in [4.69, 9.17) is 0 Å². The number of sulfonamides is 1. The third-order valence-corrected chi connectivity index (χ3v) is 6.09. The molecule has 20 heavy (non-hydrogen) atoms. The number of hydrogen-bond donors (Lipinski definition) is 1. The van der Waals surface area contributed by atoms with E-state index in [2.05, 4.69) is 5.32 Å². The van der Waals surface area contributed by atoms with E-state index in [9.17, 15) is 8.42 Å². The Labute approximate surface area is 122 Å². The molecule has 1 atom stereocenters. The molecule has 1 aromatic carbocycles. The average molecular weight is 296 g/mol. The maximum Gasteiger partial charge on any atom is 0.243 e. The minimum Gasteiger partial charge on any atom is -0.315 e. The zero-order valence-corrected chi connectivity index (χ0v) is 13.3. The lowest BCUT2D eigenvalue weighted by molar-refractivity contribution is 0.274. The van der Waals surface area contributed by atoms with Gasteiger partial charge in [0.05, 0.1) is 4.90 Å². The lowest BCUT2D eigenvalue weighted by atomic mass is 10.1. The molecule has 1 aliphatic rings. The van der Waals surface area contributed by atoms with E-state index in [0.29, 0.717) is 11.4 Å². The summed E-state index contributed by atoms with van der Waals surface area (Å²) < 4.78 is 27.4. The van der Waals surface area contributed by atoms with Gasteiger partial charge < -0.3 is 5.32 Å². The number of hydrogen-bond acceptors (Lipinski definition) is 3. The van der Waals surface area contributed by atoms with Crippen molar-refractivity contribution in [3.8, 4) is 0 Å². The predicted molar refractivity (Wildman–Crippen MR) is 81.4 cm³/mol. The summed E-state index contributed by atoms with van der Waals surface area (Å²) in [4.78, 5) is 0.440.